The van der Waals surface area contributed by atoms with E-state index in [1.165, 1.54) is 17.4 Å². The smallest absolute Gasteiger partial charge is 0.269 e. The number of aromatic nitrogens is 1. The Morgan fingerprint density at radius 3 is 2.50 bits per heavy atom. The van der Waals surface area contributed by atoms with Crippen LogP contribution in [0, 0.1) is 31.1 Å². The van der Waals surface area contributed by atoms with Gasteiger partial charge in [-0.25, -0.2) is 0 Å². The van der Waals surface area contributed by atoms with E-state index < -0.39 is 5.56 Å². The van der Waals surface area contributed by atoms with Crippen molar-refractivity contribution in [2.45, 2.75) is 33.2 Å². The zero-order valence-corrected chi connectivity index (χ0v) is 15.9. The summed E-state index contributed by atoms with van der Waals surface area (Å²) in [5.41, 5.74) is 1.83. The zero-order valence-electron chi connectivity index (χ0n) is 15.9. The van der Waals surface area contributed by atoms with E-state index in [0.29, 0.717) is 35.0 Å². The highest BCUT2D eigenvalue weighted by Crippen LogP contribution is 2.27. The monoisotopic (exact) mass is 378 g/mol. The summed E-state index contributed by atoms with van der Waals surface area (Å²) in [5, 5.41) is 14.7. The van der Waals surface area contributed by atoms with Crippen LogP contribution in [-0.4, -0.2) is 22.9 Å². The first-order chi connectivity index (χ1) is 13.4. The van der Waals surface area contributed by atoms with E-state index in [0.717, 1.165) is 0 Å². The summed E-state index contributed by atoms with van der Waals surface area (Å²) in [6.45, 7) is 3.92. The molecule has 0 atom stereocenters. The van der Waals surface area contributed by atoms with Crippen molar-refractivity contribution in [3.8, 4) is 6.07 Å². The van der Waals surface area contributed by atoms with Gasteiger partial charge in [-0.1, -0.05) is 0 Å². The Bertz CT molecular complexity index is 1010. The Balaban J connectivity index is 1.64. The molecule has 0 spiro atoms. The number of carbonyl (C=O) groups excluding carboxylic acids is 2. The summed E-state index contributed by atoms with van der Waals surface area (Å²) in [6.07, 6.45) is 2.34. The van der Waals surface area contributed by atoms with Gasteiger partial charge in [0.05, 0.1) is 0 Å². The van der Waals surface area contributed by atoms with Crippen LogP contribution >= 0.6 is 0 Å². The van der Waals surface area contributed by atoms with Crippen LogP contribution in [0.25, 0.3) is 0 Å². The van der Waals surface area contributed by atoms with Crippen molar-refractivity contribution < 1.29 is 9.59 Å². The summed E-state index contributed by atoms with van der Waals surface area (Å²) < 4.78 is 1.28. The summed E-state index contributed by atoms with van der Waals surface area (Å²) in [7, 11) is 0. The van der Waals surface area contributed by atoms with Crippen LogP contribution in [0.4, 0.5) is 5.69 Å². The Kier molecular flexibility index (Phi) is 5.59. The number of amides is 2. The zero-order chi connectivity index (χ0) is 20.3. The predicted octanol–water partition coefficient (Wildman–Crippen LogP) is 2.12. The number of pyridine rings is 1. The third-order valence-electron chi connectivity index (χ3n) is 4.80. The second-order valence-corrected chi connectivity index (χ2v) is 7.13. The Morgan fingerprint density at radius 2 is 1.89 bits per heavy atom. The van der Waals surface area contributed by atoms with Crippen LogP contribution in [0.15, 0.2) is 35.1 Å². The van der Waals surface area contributed by atoms with Crippen molar-refractivity contribution >= 4 is 17.5 Å². The van der Waals surface area contributed by atoms with E-state index in [9.17, 15) is 14.4 Å². The number of benzene rings is 1. The molecule has 2 aromatic rings. The fraction of sp³-hybridized carbons (Fsp3) is 0.333. The average Bonchev–Trinajstić information content (AvgIpc) is 3.48. The van der Waals surface area contributed by atoms with Crippen molar-refractivity contribution in [3.05, 3.63) is 63.1 Å². The third kappa shape index (κ3) is 4.46. The van der Waals surface area contributed by atoms with Gasteiger partial charge in [0.15, 0.2) is 0 Å². The van der Waals surface area contributed by atoms with E-state index >= 15 is 0 Å². The van der Waals surface area contributed by atoms with Crippen LogP contribution in [0.5, 0.6) is 0 Å². The fourth-order valence-electron chi connectivity index (χ4n) is 2.97. The van der Waals surface area contributed by atoms with Gasteiger partial charge in [0.2, 0.25) is 5.91 Å². The average molecular weight is 378 g/mol. The molecule has 7 heteroatoms. The minimum atomic E-state index is -0.474. The Labute approximate surface area is 163 Å². The molecule has 1 aromatic heterocycles. The van der Waals surface area contributed by atoms with Gasteiger partial charge in [0.1, 0.15) is 18.2 Å². The predicted molar refractivity (Wildman–Crippen MR) is 105 cm³/mol. The first-order valence-corrected chi connectivity index (χ1v) is 9.18. The number of nitriles is 1. The van der Waals surface area contributed by atoms with Gasteiger partial charge < -0.3 is 15.2 Å². The van der Waals surface area contributed by atoms with Gasteiger partial charge in [-0.3, -0.25) is 14.4 Å². The molecule has 2 N–H and O–H groups in total. The van der Waals surface area contributed by atoms with Crippen molar-refractivity contribution in [2.75, 3.05) is 11.9 Å². The molecule has 144 valence electrons. The van der Waals surface area contributed by atoms with E-state index in [4.69, 9.17) is 5.26 Å². The molecule has 28 heavy (non-hydrogen) atoms. The maximum Gasteiger partial charge on any atom is 0.269 e. The SMILES string of the molecule is Cc1cc(C)n(CC(=O)Nc2ccc(C(=O)NCC3CC3)cc2)c(=O)c1C#N. The molecule has 0 aliphatic heterocycles. The number of rotatable bonds is 6. The lowest BCUT2D eigenvalue weighted by molar-refractivity contribution is -0.116. The molecule has 2 amide bonds. The maximum atomic E-state index is 12.4. The van der Waals surface area contributed by atoms with E-state index in [2.05, 4.69) is 10.6 Å². The molecule has 0 unspecified atom stereocenters. The fourth-order valence-corrected chi connectivity index (χ4v) is 2.97. The van der Waals surface area contributed by atoms with Crippen molar-refractivity contribution in [3.63, 3.8) is 0 Å². The second-order valence-electron chi connectivity index (χ2n) is 7.13. The molecular weight excluding hydrogens is 356 g/mol. The second kappa shape index (κ2) is 8.09. The minimum Gasteiger partial charge on any atom is -0.352 e. The van der Waals surface area contributed by atoms with E-state index in [-0.39, 0.29) is 23.9 Å². The van der Waals surface area contributed by atoms with Gasteiger partial charge in [0.25, 0.3) is 11.5 Å². The quantitative estimate of drug-likeness (QED) is 0.803. The van der Waals surface area contributed by atoms with Crippen LogP contribution in [0.2, 0.25) is 0 Å². The summed E-state index contributed by atoms with van der Waals surface area (Å²) >= 11 is 0. The highest BCUT2D eigenvalue weighted by molar-refractivity contribution is 5.95. The number of nitrogens with one attached hydrogen (secondary N) is 2. The van der Waals surface area contributed by atoms with Gasteiger partial charge in [0, 0.05) is 23.5 Å². The Morgan fingerprint density at radius 1 is 1.21 bits per heavy atom. The number of aryl methyl sites for hydroxylation is 2. The first-order valence-electron chi connectivity index (χ1n) is 9.18. The summed E-state index contributed by atoms with van der Waals surface area (Å²) in [5.74, 6) is 0.0946. The number of nitrogens with zero attached hydrogens (tertiary/aromatic N) is 2. The molecule has 1 heterocycles. The number of hydrogen-bond donors (Lipinski definition) is 2. The lowest BCUT2D eigenvalue weighted by atomic mass is 10.1. The van der Waals surface area contributed by atoms with Crippen LogP contribution in [0.1, 0.15) is 40.0 Å². The van der Waals surface area contributed by atoms with Crippen molar-refractivity contribution in [1.82, 2.24) is 9.88 Å². The van der Waals surface area contributed by atoms with E-state index in [1.54, 1.807) is 44.2 Å². The van der Waals surface area contributed by atoms with Gasteiger partial charge >= 0.3 is 0 Å². The van der Waals surface area contributed by atoms with Crippen molar-refractivity contribution in [1.29, 1.82) is 5.26 Å². The maximum absolute atomic E-state index is 12.4. The van der Waals surface area contributed by atoms with Crippen molar-refractivity contribution in [2.24, 2.45) is 5.92 Å². The normalized spacial score (nSPS) is 12.9. The third-order valence-corrected chi connectivity index (χ3v) is 4.80. The molecule has 7 nitrogen and oxygen atoms in total. The molecule has 0 bridgehead atoms. The Hall–Kier alpha value is -3.40. The molecule has 1 aromatic carbocycles. The van der Waals surface area contributed by atoms with Gasteiger partial charge in [-0.2, -0.15) is 5.26 Å². The van der Waals surface area contributed by atoms with Gasteiger partial charge in [-0.05, 0) is 68.5 Å². The largest absolute Gasteiger partial charge is 0.352 e. The summed E-state index contributed by atoms with van der Waals surface area (Å²) in [4.78, 5) is 36.8. The first kappa shape index (κ1) is 19.4. The lowest BCUT2D eigenvalue weighted by Gasteiger charge is -2.12. The highest BCUT2D eigenvalue weighted by atomic mass is 16.2. The van der Waals surface area contributed by atoms with Crippen LogP contribution < -0.4 is 16.2 Å². The topological polar surface area (TPSA) is 104 Å². The van der Waals surface area contributed by atoms with E-state index in [1.807, 2.05) is 6.07 Å². The molecule has 1 aliphatic carbocycles. The highest BCUT2D eigenvalue weighted by Gasteiger charge is 2.21. The number of hydrogen-bond acceptors (Lipinski definition) is 4. The number of anilines is 1. The molecule has 1 saturated carbocycles. The standard InChI is InChI=1S/C21H22N4O3/c1-13-9-14(2)25(21(28)18(13)10-22)12-19(26)24-17-7-5-16(6-8-17)20(27)23-11-15-3-4-15/h5-9,15H,3-4,11-12H2,1-2H3,(H,23,27)(H,24,26). The minimum absolute atomic E-state index is 0.0416. The van der Waals surface area contributed by atoms with Crippen LogP contribution in [0.3, 0.4) is 0 Å². The molecule has 0 radical (unpaired) electrons. The van der Waals surface area contributed by atoms with Crippen LogP contribution in [-0.2, 0) is 11.3 Å². The number of carbonyl (C=O) groups is 2. The summed E-state index contributed by atoms with van der Waals surface area (Å²) in [6, 6.07) is 10.2. The lowest BCUT2D eigenvalue weighted by Crippen LogP contribution is -2.31. The molecular formula is C21H22N4O3. The van der Waals surface area contributed by atoms with Gasteiger partial charge in [-0.15, -0.1) is 0 Å². The molecule has 0 saturated heterocycles. The molecule has 1 aliphatic rings. The molecule has 1 fully saturated rings. The molecule has 3 rings (SSSR count).